The zero-order valence-corrected chi connectivity index (χ0v) is 26.4. The van der Waals surface area contributed by atoms with Crippen LogP contribution >= 0.6 is 0 Å². The third kappa shape index (κ3) is 6.33. The van der Waals surface area contributed by atoms with E-state index in [9.17, 15) is 0 Å². The van der Waals surface area contributed by atoms with Gasteiger partial charge in [0.1, 0.15) is 0 Å². The molecule has 0 spiro atoms. The summed E-state index contributed by atoms with van der Waals surface area (Å²) in [5.74, 6) is 0. The van der Waals surface area contributed by atoms with Crippen molar-refractivity contribution in [3.63, 3.8) is 0 Å². The molecule has 0 fully saturated rings. The fraction of sp³-hybridized carbons (Fsp3) is 0.150. The predicted molar refractivity (Wildman–Crippen MR) is 193 cm³/mol. The van der Waals surface area contributed by atoms with E-state index in [0.717, 1.165) is 128 Å². The minimum Gasteiger partial charge on any atom is -0.355 e. The number of fused-ring (bicyclic) bond motifs is 16. The molecule has 0 amide bonds. The second-order valence-corrected chi connectivity index (χ2v) is 12.7. The summed E-state index contributed by atoms with van der Waals surface area (Å²) in [6, 6.07) is 33.7. The molecule has 16 bridgehead atoms. The first-order valence-electron chi connectivity index (χ1n) is 16.6. The SMILES string of the molecule is C1=Cc2cc3ccc(cc4nc(cc5ccc(cc1n2)[nH]5)CC4)[nH]3.c1c2nc(cc3ccc(cc4ccc(cc5nc1CC5)[nH]4)[nH]3)CC2. The van der Waals surface area contributed by atoms with Crippen molar-refractivity contribution in [2.45, 2.75) is 38.5 Å². The van der Waals surface area contributed by atoms with Crippen molar-refractivity contribution in [1.82, 2.24) is 39.9 Å². The van der Waals surface area contributed by atoms with Gasteiger partial charge in [0, 0.05) is 78.3 Å². The van der Waals surface area contributed by atoms with Gasteiger partial charge < -0.3 is 19.9 Å². The summed E-state index contributed by atoms with van der Waals surface area (Å²) < 4.78 is 0. The lowest BCUT2D eigenvalue weighted by Crippen LogP contribution is -1.82. The molecule has 6 aromatic heterocycles. The molecule has 4 aliphatic heterocycles. The normalized spacial score (nSPS) is 13.7. The minimum atomic E-state index is 0.953. The Balaban J connectivity index is 0.000000131. The molecular weight excluding hydrogens is 592 g/mol. The summed E-state index contributed by atoms with van der Waals surface area (Å²) in [7, 11) is 0. The van der Waals surface area contributed by atoms with Gasteiger partial charge in [0.05, 0.1) is 11.4 Å². The van der Waals surface area contributed by atoms with E-state index in [-0.39, 0.29) is 0 Å². The Bertz CT molecular complexity index is 2370. The van der Waals surface area contributed by atoms with Gasteiger partial charge in [-0.05, 0) is 148 Å². The van der Waals surface area contributed by atoms with Crippen molar-refractivity contribution in [2.24, 2.45) is 0 Å². The van der Waals surface area contributed by atoms with Crippen molar-refractivity contribution >= 4 is 56.3 Å². The fourth-order valence-electron chi connectivity index (χ4n) is 6.63. The summed E-state index contributed by atoms with van der Waals surface area (Å²) in [4.78, 5) is 32.6. The lowest BCUT2D eigenvalue weighted by atomic mass is 10.2. The average Bonchev–Trinajstić information content (AvgIpc) is 3.91. The van der Waals surface area contributed by atoms with Crippen molar-refractivity contribution in [1.29, 1.82) is 0 Å². The Morgan fingerprint density at radius 2 is 0.562 bits per heavy atom. The van der Waals surface area contributed by atoms with Crippen LogP contribution in [0.4, 0.5) is 0 Å². The Hall–Kier alpha value is -6.02. The van der Waals surface area contributed by atoms with Gasteiger partial charge in [-0.3, -0.25) is 15.0 Å². The van der Waals surface area contributed by atoms with Crippen LogP contribution in [0.3, 0.4) is 0 Å². The molecule has 0 saturated carbocycles. The summed E-state index contributed by atoms with van der Waals surface area (Å²) in [5, 5.41) is 0. The summed E-state index contributed by atoms with van der Waals surface area (Å²) >= 11 is 0. The second kappa shape index (κ2) is 12.0. The number of aryl methyl sites for hydroxylation is 6. The fourth-order valence-corrected chi connectivity index (χ4v) is 6.63. The molecule has 4 N–H and O–H groups in total. The van der Waals surface area contributed by atoms with Crippen molar-refractivity contribution in [3.05, 3.63) is 143 Å². The van der Waals surface area contributed by atoms with E-state index in [0.29, 0.717) is 0 Å². The summed E-state index contributed by atoms with van der Waals surface area (Å²) in [6.07, 6.45) is 10.0. The zero-order chi connectivity index (χ0) is 31.9. The smallest absolute Gasteiger partial charge is 0.0658 e. The molecule has 0 unspecified atom stereocenters. The summed E-state index contributed by atoms with van der Waals surface area (Å²) in [6.45, 7) is 0. The third-order valence-electron chi connectivity index (χ3n) is 8.92. The highest BCUT2D eigenvalue weighted by Gasteiger charge is 2.10. The Kier molecular flexibility index (Phi) is 7.04. The van der Waals surface area contributed by atoms with Gasteiger partial charge in [-0.15, -0.1) is 0 Å². The first kappa shape index (κ1) is 28.2. The van der Waals surface area contributed by atoms with Crippen molar-refractivity contribution in [2.75, 3.05) is 0 Å². The third-order valence-corrected chi connectivity index (χ3v) is 8.92. The molecule has 10 heterocycles. The molecule has 48 heavy (non-hydrogen) atoms. The van der Waals surface area contributed by atoms with E-state index in [4.69, 9.17) is 15.0 Å². The van der Waals surface area contributed by atoms with Crippen LogP contribution in [0.2, 0.25) is 0 Å². The van der Waals surface area contributed by atoms with Crippen LogP contribution < -0.4 is 0 Å². The lowest BCUT2D eigenvalue weighted by molar-refractivity contribution is 0.999. The molecule has 0 aromatic carbocycles. The number of rotatable bonds is 0. The average molecular weight is 627 g/mol. The molecule has 0 atom stereocenters. The van der Waals surface area contributed by atoms with E-state index in [1.807, 2.05) is 12.2 Å². The highest BCUT2D eigenvalue weighted by Crippen LogP contribution is 2.18. The van der Waals surface area contributed by atoms with Gasteiger partial charge in [0.15, 0.2) is 0 Å². The number of aromatic nitrogens is 8. The number of nitrogens with zero attached hydrogens (tertiary/aromatic N) is 4. The first-order chi connectivity index (χ1) is 23.6. The quantitative estimate of drug-likeness (QED) is 0.136. The minimum absolute atomic E-state index is 0.953. The molecule has 8 nitrogen and oxygen atoms in total. The second-order valence-electron chi connectivity index (χ2n) is 12.7. The van der Waals surface area contributed by atoms with Crippen LogP contribution in [-0.2, 0) is 38.5 Å². The number of H-pyrrole nitrogens is 4. The van der Waals surface area contributed by atoms with Gasteiger partial charge in [-0.1, -0.05) is 0 Å². The highest BCUT2D eigenvalue weighted by atomic mass is 14.8. The molecule has 0 aliphatic carbocycles. The van der Waals surface area contributed by atoms with Crippen LogP contribution in [0.15, 0.2) is 97.1 Å². The Morgan fingerprint density at radius 1 is 0.292 bits per heavy atom. The van der Waals surface area contributed by atoms with E-state index in [1.54, 1.807) is 0 Å². The first-order valence-corrected chi connectivity index (χ1v) is 16.6. The standard InChI is InChI=1S/C20H18N4.C20H16N4/c2*1-2-14-10-16-5-6-18(23-16)12-20-8-7-19(24-20)11-17-4-3-15(22-17)9-13(1)21-14/h1-4,9-12,21-22H,5-8H2;1-6,9-12,22-23H,7-8H2. The monoisotopic (exact) mass is 626 g/mol. The molecule has 4 aliphatic rings. The maximum Gasteiger partial charge on any atom is 0.0658 e. The largest absolute Gasteiger partial charge is 0.355 e. The topological polar surface area (TPSA) is 115 Å². The van der Waals surface area contributed by atoms with Gasteiger partial charge in [-0.25, -0.2) is 4.98 Å². The molecule has 234 valence electrons. The van der Waals surface area contributed by atoms with Crippen LogP contribution in [0.1, 0.15) is 45.6 Å². The Morgan fingerprint density at radius 3 is 0.896 bits per heavy atom. The van der Waals surface area contributed by atoms with Gasteiger partial charge in [-0.2, -0.15) is 0 Å². The van der Waals surface area contributed by atoms with Crippen molar-refractivity contribution < 1.29 is 0 Å². The van der Waals surface area contributed by atoms with Gasteiger partial charge in [0.2, 0.25) is 0 Å². The molecule has 8 heteroatoms. The molecule has 0 saturated heterocycles. The highest BCUT2D eigenvalue weighted by molar-refractivity contribution is 5.75. The summed E-state index contributed by atoms with van der Waals surface area (Å²) in [5.41, 5.74) is 17.3. The lowest BCUT2D eigenvalue weighted by Gasteiger charge is -1.86. The van der Waals surface area contributed by atoms with E-state index in [2.05, 4.69) is 122 Å². The van der Waals surface area contributed by atoms with Crippen molar-refractivity contribution in [3.8, 4) is 0 Å². The van der Waals surface area contributed by atoms with Crippen LogP contribution in [0.25, 0.3) is 56.3 Å². The van der Waals surface area contributed by atoms with Gasteiger partial charge >= 0.3 is 0 Å². The molecule has 6 aromatic rings. The van der Waals surface area contributed by atoms with E-state index < -0.39 is 0 Å². The maximum absolute atomic E-state index is 4.77. The zero-order valence-electron chi connectivity index (χ0n) is 26.4. The maximum atomic E-state index is 4.77. The molecular formula is C40H34N8. The molecule has 10 rings (SSSR count). The van der Waals surface area contributed by atoms with E-state index in [1.165, 1.54) is 0 Å². The number of hydrogen-bond donors (Lipinski definition) is 4. The van der Waals surface area contributed by atoms with Crippen LogP contribution in [-0.4, -0.2) is 39.9 Å². The Labute approximate surface area is 276 Å². The van der Waals surface area contributed by atoms with Gasteiger partial charge in [0.25, 0.3) is 0 Å². The van der Waals surface area contributed by atoms with Crippen LogP contribution in [0.5, 0.6) is 0 Å². The number of nitrogens with one attached hydrogen (secondary N) is 4. The molecule has 0 radical (unpaired) electrons. The predicted octanol–water partition coefficient (Wildman–Crippen LogP) is 8.16. The number of aromatic amines is 4. The van der Waals surface area contributed by atoms with E-state index >= 15 is 0 Å². The number of hydrogen-bond acceptors (Lipinski definition) is 4. The van der Waals surface area contributed by atoms with Crippen LogP contribution in [0, 0.1) is 0 Å².